The van der Waals surface area contributed by atoms with Gasteiger partial charge in [0.05, 0.1) is 0 Å². The Balaban J connectivity index is 2.14. The second-order valence-corrected chi connectivity index (χ2v) is 7.95. The van der Waals surface area contributed by atoms with Crippen molar-refractivity contribution >= 4 is 11.7 Å². The van der Waals surface area contributed by atoms with Gasteiger partial charge in [0, 0.05) is 16.5 Å². The Kier molecular flexibility index (Phi) is 5.26. The predicted molar refractivity (Wildman–Crippen MR) is 111 cm³/mol. The zero-order valence-corrected chi connectivity index (χ0v) is 16.3. The molecule has 0 bridgehead atoms. The minimum Gasteiger partial charge on any atom is -0.324 e. The molecular weight excluding hydrogens is 318 g/mol. The fourth-order valence-corrected chi connectivity index (χ4v) is 3.27. The van der Waals surface area contributed by atoms with Gasteiger partial charge in [0.25, 0.3) is 0 Å². The summed E-state index contributed by atoms with van der Waals surface area (Å²) in [6.45, 7) is 8.95. The van der Waals surface area contributed by atoms with Gasteiger partial charge in [0.15, 0.2) is 5.66 Å². The molecular formula is C23H29N3. The first kappa shape index (κ1) is 18.4. The van der Waals surface area contributed by atoms with Crippen LogP contribution in [0.3, 0.4) is 0 Å². The molecule has 3 heteroatoms. The van der Waals surface area contributed by atoms with Crippen molar-refractivity contribution in [3.05, 3.63) is 71.8 Å². The third-order valence-electron chi connectivity index (χ3n) is 5.00. The summed E-state index contributed by atoms with van der Waals surface area (Å²) in [5, 5.41) is 3.49. The number of benzene rings is 2. The summed E-state index contributed by atoms with van der Waals surface area (Å²) in [5.41, 5.74) is 1.65. The van der Waals surface area contributed by atoms with Crippen molar-refractivity contribution < 1.29 is 0 Å². The van der Waals surface area contributed by atoms with Crippen molar-refractivity contribution in [2.45, 2.75) is 52.6 Å². The van der Waals surface area contributed by atoms with Gasteiger partial charge in [-0.05, 0) is 12.8 Å². The molecule has 26 heavy (non-hydrogen) atoms. The predicted octanol–water partition coefficient (Wildman–Crippen LogP) is 5.42. The maximum atomic E-state index is 5.19. The van der Waals surface area contributed by atoms with Crippen LogP contribution in [0.25, 0.3) is 0 Å². The molecule has 1 aliphatic rings. The first-order valence-corrected chi connectivity index (χ1v) is 9.53. The summed E-state index contributed by atoms with van der Waals surface area (Å²) >= 11 is 0. The van der Waals surface area contributed by atoms with Gasteiger partial charge in [-0.25, -0.2) is 9.98 Å². The van der Waals surface area contributed by atoms with Gasteiger partial charge in [-0.15, -0.1) is 0 Å². The average molecular weight is 348 g/mol. The van der Waals surface area contributed by atoms with Crippen LogP contribution in [-0.2, 0) is 0 Å². The molecule has 2 aromatic rings. The lowest BCUT2D eigenvalue weighted by Crippen LogP contribution is -2.49. The number of rotatable bonds is 5. The van der Waals surface area contributed by atoms with E-state index in [0.29, 0.717) is 0 Å². The molecule has 0 aromatic heterocycles. The quantitative estimate of drug-likeness (QED) is 0.771. The SMILES string of the molecule is CCCCC1(C(C)(C)C)N=C(c2ccccc2)NC(c2ccccc2)=N1. The molecule has 3 nitrogen and oxygen atoms in total. The molecule has 0 aliphatic carbocycles. The summed E-state index contributed by atoms with van der Waals surface area (Å²) < 4.78 is 0. The van der Waals surface area contributed by atoms with E-state index in [1.165, 1.54) is 0 Å². The summed E-state index contributed by atoms with van der Waals surface area (Å²) in [5.74, 6) is 1.82. The van der Waals surface area contributed by atoms with E-state index in [9.17, 15) is 0 Å². The Hall–Kier alpha value is -2.42. The lowest BCUT2D eigenvalue weighted by atomic mass is 9.77. The summed E-state index contributed by atoms with van der Waals surface area (Å²) in [4.78, 5) is 10.4. The van der Waals surface area contributed by atoms with Crippen LogP contribution >= 0.6 is 0 Å². The molecule has 3 rings (SSSR count). The van der Waals surface area contributed by atoms with Crippen LogP contribution in [0.2, 0.25) is 0 Å². The monoisotopic (exact) mass is 347 g/mol. The number of aliphatic imine (C=N–C) groups is 2. The van der Waals surface area contributed by atoms with Crippen LogP contribution < -0.4 is 5.32 Å². The van der Waals surface area contributed by atoms with Gasteiger partial charge < -0.3 is 5.32 Å². The van der Waals surface area contributed by atoms with Crippen LogP contribution in [-0.4, -0.2) is 17.3 Å². The highest BCUT2D eigenvalue weighted by molar-refractivity contribution is 6.16. The van der Waals surface area contributed by atoms with Gasteiger partial charge in [0.2, 0.25) is 0 Å². The second kappa shape index (κ2) is 7.45. The van der Waals surface area contributed by atoms with Crippen molar-refractivity contribution in [3.63, 3.8) is 0 Å². The van der Waals surface area contributed by atoms with Crippen LogP contribution in [0.1, 0.15) is 58.1 Å². The first-order chi connectivity index (χ1) is 12.5. The fraction of sp³-hybridized carbons (Fsp3) is 0.391. The van der Waals surface area contributed by atoms with E-state index in [1.807, 2.05) is 12.1 Å². The molecule has 1 heterocycles. The van der Waals surface area contributed by atoms with Gasteiger partial charge in [-0.2, -0.15) is 0 Å². The molecule has 0 atom stereocenters. The molecule has 136 valence electrons. The molecule has 2 aromatic carbocycles. The Morgan fingerprint density at radius 2 is 1.27 bits per heavy atom. The van der Waals surface area contributed by atoms with Crippen LogP contribution in [0, 0.1) is 5.41 Å². The van der Waals surface area contributed by atoms with Crippen molar-refractivity contribution in [2.75, 3.05) is 0 Å². The van der Waals surface area contributed by atoms with E-state index >= 15 is 0 Å². The number of hydrogen-bond acceptors (Lipinski definition) is 3. The summed E-state index contributed by atoms with van der Waals surface area (Å²) in [6.07, 6.45) is 3.19. The summed E-state index contributed by atoms with van der Waals surface area (Å²) in [7, 11) is 0. The van der Waals surface area contributed by atoms with Crippen LogP contribution in [0.15, 0.2) is 70.6 Å². The number of amidine groups is 2. The largest absolute Gasteiger partial charge is 0.324 e. The lowest BCUT2D eigenvalue weighted by Gasteiger charge is -2.42. The smallest absolute Gasteiger partial charge is 0.159 e. The molecule has 0 unspecified atom stereocenters. The van der Waals surface area contributed by atoms with E-state index in [1.54, 1.807) is 0 Å². The number of hydrogen-bond donors (Lipinski definition) is 1. The normalized spacial score (nSPS) is 16.5. The van der Waals surface area contributed by atoms with Crippen molar-refractivity contribution in [3.8, 4) is 0 Å². The Morgan fingerprint density at radius 3 is 1.65 bits per heavy atom. The van der Waals surface area contributed by atoms with Crippen molar-refractivity contribution in [2.24, 2.45) is 15.4 Å². The summed E-state index contributed by atoms with van der Waals surface area (Å²) in [6, 6.07) is 20.7. The standard InChI is InChI=1S/C23H29N3/c1-5-6-17-23(22(2,3)4)25-20(18-13-9-7-10-14-18)24-21(26-23)19-15-11-8-12-16-19/h7-16H,5-6,17H2,1-4H3,(H,24,25,26). The highest BCUT2D eigenvalue weighted by Gasteiger charge is 2.44. The minimum absolute atomic E-state index is 0.0790. The third kappa shape index (κ3) is 3.72. The van der Waals surface area contributed by atoms with E-state index < -0.39 is 5.66 Å². The van der Waals surface area contributed by atoms with Gasteiger partial charge >= 0.3 is 0 Å². The van der Waals surface area contributed by atoms with E-state index in [2.05, 4.69) is 81.5 Å². The lowest BCUT2D eigenvalue weighted by molar-refractivity contribution is 0.180. The highest BCUT2D eigenvalue weighted by atomic mass is 15.2. The zero-order valence-electron chi connectivity index (χ0n) is 16.3. The first-order valence-electron chi connectivity index (χ1n) is 9.53. The van der Waals surface area contributed by atoms with E-state index in [0.717, 1.165) is 42.1 Å². The van der Waals surface area contributed by atoms with Crippen molar-refractivity contribution in [1.82, 2.24) is 5.32 Å². The molecule has 0 radical (unpaired) electrons. The zero-order chi connectivity index (χ0) is 18.6. The van der Waals surface area contributed by atoms with Crippen LogP contribution in [0.5, 0.6) is 0 Å². The van der Waals surface area contributed by atoms with Gasteiger partial charge in [-0.1, -0.05) is 94.8 Å². The molecule has 0 saturated carbocycles. The number of unbranched alkanes of at least 4 members (excludes halogenated alkanes) is 1. The van der Waals surface area contributed by atoms with Crippen LogP contribution in [0.4, 0.5) is 0 Å². The Morgan fingerprint density at radius 1 is 0.808 bits per heavy atom. The maximum absolute atomic E-state index is 5.19. The number of nitrogens with zero attached hydrogens (tertiary/aromatic N) is 2. The molecule has 0 spiro atoms. The van der Waals surface area contributed by atoms with Gasteiger partial charge in [0.1, 0.15) is 11.7 Å². The second-order valence-electron chi connectivity index (χ2n) is 7.95. The fourth-order valence-electron chi connectivity index (χ4n) is 3.27. The Labute approximate surface area is 157 Å². The molecule has 0 saturated heterocycles. The average Bonchev–Trinajstić information content (AvgIpc) is 2.66. The van der Waals surface area contributed by atoms with Crippen molar-refractivity contribution in [1.29, 1.82) is 0 Å². The molecule has 1 N–H and O–H groups in total. The van der Waals surface area contributed by atoms with E-state index in [4.69, 9.17) is 9.98 Å². The third-order valence-corrected chi connectivity index (χ3v) is 5.00. The molecule has 1 aliphatic heterocycles. The highest BCUT2D eigenvalue weighted by Crippen LogP contribution is 2.41. The van der Waals surface area contributed by atoms with E-state index in [-0.39, 0.29) is 5.41 Å². The molecule has 0 amide bonds. The maximum Gasteiger partial charge on any atom is 0.159 e. The Bertz CT molecular complexity index is 728. The minimum atomic E-state index is -0.468. The topological polar surface area (TPSA) is 36.8 Å². The number of nitrogens with one attached hydrogen (secondary N) is 1. The molecule has 0 fully saturated rings. The van der Waals surface area contributed by atoms with Gasteiger partial charge in [-0.3, -0.25) is 0 Å².